The first-order chi connectivity index (χ1) is 8.90. The summed E-state index contributed by atoms with van der Waals surface area (Å²) in [7, 11) is 0. The number of aliphatic hydroxyl groups excluding tert-OH is 1. The Bertz CT molecular complexity index is 271. The topological polar surface area (TPSA) is 38.7 Å². The third-order valence-corrected chi connectivity index (χ3v) is 4.53. The molecule has 0 aromatic rings. The van der Waals surface area contributed by atoms with Crippen LogP contribution in [0.1, 0.15) is 65.7 Å². The minimum absolute atomic E-state index is 0.0733. The summed E-state index contributed by atoms with van der Waals surface area (Å²) in [4.78, 5) is 0. The fraction of sp³-hybridized carbons (Fsp3) is 1.00. The summed E-state index contributed by atoms with van der Waals surface area (Å²) in [6, 6.07) is 0. The molecule has 1 aliphatic heterocycles. The molecule has 3 nitrogen and oxygen atoms in total. The molecule has 1 heterocycles. The van der Waals surface area contributed by atoms with Crippen LogP contribution in [-0.2, 0) is 9.47 Å². The van der Waals surface area contributed by atoms with Crippen molar-refractivity contribution >= 4 is 0 Å². The first kappa shape index (κ1) is 15.3. The maximum Gasteiger partial charge on any atom is 0.0803 e. The van der Waals surface area contributed by atoms with Gasteiger partial charge in [0, 0.05) is 6.61 Å². The standard InChI is InChI=1S/C16H30O3/c1-15(2,3)19-12-14(17)13-7-10-18-16(11-13)8-5-4-6-9-16/h13-14,17H,4-12H2,1-3H3. The Labute approximate surface area is 117 Å². The van der Waals surface area contributed by atoms with Gasteiger partial charge in [-0.15, -0.1) is 0 Å². The molecule has 2 rings (SSSR count). The molecule has 1 saturated carbocycles. The van der Waals surface area contributed by atoms with Gasteiger partial charge in [-0.1, -0.05) is 19.3 Å². The Morgan fingerprint density at radius 2 is 1.95 bits per heavy atom. The van der Waals surface area contributed by atoms with E-state index in [1.54, 1.807) is 0 Å². The predicted molar refractivity (Wildman–Crippen MR) is 76.2 cm³/mol. The SMILES string of the molecule is CC(C)(C)OCC(O)C1CCOC2(CCCCC2)C1. The van der Waals surface area contributed by atoms with Crippen LogP contribution in [0.3, 0.4) is 0 Å². The molecule has 112 valence electrons. The summed E-state index contributed by atoms with van der Waals surface area (Å²) in [6.07, 6.45) is 7.89. The molecular weight excluding hydrogens is 240 g/mol. The van der Waals surface area contributed by atoms with Crippen molar-refractivity contribution in [3.63, 3.8) is 0 Å². The third kappa shape index (κ3) is 4.44. The molecule has 1 spiro atoms. The van der Waals surface area contributed by atoms with Gasteiger partial charge in [-0.05, 0) is 52.4 Å². The minimum atomic E-state index is -0.345. The van der Waals surface area contributed by atoms with Gasteiger partial charge in [0.2, 0.25) is 0 Å². The van der Waals surface area contributed by atoms with Crippen LogP contribution in [0.15, 0.2) is 0 Å². The van der Waals surface area contributed by atoms with E-state index in [1.165, 1.54) is 32.1 Å². The summed E-state index contributed by atoms with van der Waals surface area (Å²) in [5, 5.41) is 10.4. The zero-order chi connectivity index (χ0) is 13.9. The summed E-state index contributed by atoms with van der Waals surface area (Å²) in [5.74, 6) is 0.342. The lowest BCUT2D eigenvalue weighted by Gasteiger charge is -2.44. The molecular formula is C16H30O3. The van der Waals surface area contributed by atoms with E-state index < -0.39 is 0 Å². The lowest BCUT2D eigenvalue weighted by Crippen LogP contribution is -2.45. The zero-order valence-corrected chi connectivity index (χ0v) is 12.8. The smallest absolute Gasteiger partial charge is 0.0803 e. The van der Waals surface area contributed by atoms with Crippen LogP contribution in [0.25, 0.3) is 0 Å². The van der Waals surface area contributed by atoms with Crippen molar-refractivity contribution < 1.29 is 14.6 Å². The molecule has 0 radical (unpaired) electrons. The Kier molecular flexibility index (Phi) is 4.91. The van der Waals surface area contributed by atoms with Gasteiger partial charge in [0.05, 0.1) is 23.9 Å². The number of hydrogen-bond donors (Lipinski definition) is 1. The van der Waals surface area contributed by atoms with Gasteiger partial charge in [0.1, 0.15) is 0 Å². The Balaban J connectivity index is 1.86. The van der Waals surface area contributed by atoms with Crippen molar-refractivity contribution in [2.75, 3.05) is 13.2 Å². The van der Waals surface area contributed by atoms with Gasteiger partial charge < -0.3 is 14.6 Å². The maximum absolute atomic E-state index is 10.4. The summed E-state index contributed by atoms with van der Waals surface area (Å²) in [6.45, 7) is 7.35. The van der Waals surface area contributed by atoms with Gasteiger partial charge in [0.25, 0.3) is 0 Å². The molecule has 3 heteroatoms. The molecule has 1 saturated heterocycles. The average molecular weight is 270 g/mol. The Morgan fingerprint density at radius 3 is 2.58 bits per heavy atom. The van der Waals surface area contributed by atoms with E-state index in [2.05, 4.69) is 0 Å². The Morgan fingerprint density at radius 1 is 1.26 bits per heavy atom. The van der Waals surface area contributed by atoms with Crippen molar-refractivity contribution in [3.05, 3.63) is 0 Å². The van der Waals surface area contributed by atoms with Crippen LogP contribution in [0.5, 0.6) is 0 Å². The molecule has 2 fully saturated rings. The second-order valence-corrected chi connectivity index (χ2v) is 7.34. The van der Waals surface area contributed by atoms with E-state index in [1.807, 2.05) is 20.8 Å². The molecule has 2 aliphatic rings. The lowest BCUT2D eigenvalue weighted by molar-refractivity contribution is -0.146. The van der Waals surface area contributed by atoms with Crippen molar-refractivity contribution in [1.82, 2.24) is 0 Å². The van der Waals surface area contributed by atoms with Crippen molar-refractivity contribution in [1.29, 1.82) is 0 Å². The van der Waals surface area contributed by atoms with Crippen LogP contribution in [-0.4, -0.2) is 35.6 Å². The van der Waals surface area contributed by atoms with Gasteiger partial charge in [-0.2, -0.15) is 0 Å². The molecule has 0 aromatic carbocycles. The molecule has 1 N–H and O–H groups in total. The summed E-state index contributed by atoms with van der Waals surface area (Å²) < 4.78 is 11.8. The second-order valence-electron chi connectivity index (χ2n) is 7.34. The molecule has 2 unspecified atom stereocenters. The van der Waals surface area contributed by atoms with Gasteiger partial charge in [-0.25, -0.2) is 0 Å². The van der Waals surface area contributed by atoms with Crippen LogP contribution in [0.2, 0.25) is 0 Å². The highest BCUT2D eigenvalue weighted by Crippen LogP contribution is 2.41. The first-order valence-electron chi connectivity index (χ1n) is 7.86. The monoisotopic (exact) mass is 270 g/mol. The molecule has 2 atom stereocenters. The Hall–Kier alpha value is -0.120. The number of ether oxygens (including phenoxy) is 2. The van der Waals surface area contributed by atoms with E-state index in [4.69, 9.17) is 9.47 Å². The fourth-order valence-corrected chi connectivity index (χ4v) is 3.41. The van der Waals surface area contributed by atoms with Crippen molar-refractivity contribution in [3.8, 4) is 0 Å². The quantitative estimate of drug-likeness (QED) is 0.855. The van der Waals surface area contributed by atoms with E-state index >= 15 is 0 Å². The number of aliphatic hydroxyl groups is 1. The lowest BCUT2D eigenvalue weighted by atomic mass is 9.74. The van der Waals surface area contributed by atoms with Crippen molar-refractivity contribution in [2.24, 2.45) is 5.92 Å². The van der Waals surface area contributed by atoms with Crippen LogP contribution in [0, 0.1) is 5.92 Å². The van der Waals surface area contributed by atoms with Gasteiger partial charge in [-0.3, -0.25) is 0 Å². The molecule has 19 heavy (non-hydrogen) atoms. The first-order valence-corrected chi connectivity index (χ1v) is 7.86. The maximum atomic E-state index is 10.4. The number of hydrogen-bond acceptors (Lipinski definition) is 3. The van der Waals surface area contributed by atoms with E-state index in [9.17, 15) is 5.11 Å². The number of rotatable bonds is 3. The fourth-order valence-electron chi connectivity index (χ4n) is 3.41. The summed E-state index contributed by atoms with van der Waals surface area (Å²) in [5.41, 5.74) is -0.0987. The van der Waals surface area contributed by atoms with E-state index in [0.29, 0.717) is 12.5 Å². The normalized spacial score (nSPS) is 29.4. The highest BCUT2D eigenvalue weighted by atomic mass is 16.5. The van der Waals surface area contributed by atoms with E-state index in [-0.39, 0.29) is 17.3 Å². The average Bonchev–Trinajstić information content (AvgIpc) is 2.36. The third-order valence-electron chi connectivity index (χ3n) is 4.53. The highest BCUT2D eigenvalue weighted by molar-refractivity contribution is 4.91. The van der Waals surface area contributed by atoms with Gasteiger partial charge in [0.15, 0.2) is 0 Å². The molecule has 0 aromatic heterocycles. The summed E-state index contributed by atoms with van der Waals surface area (Å²) >= 11 is 0. The molecule has 0 bridgehead atoms. The van der Waals surface area contributed by atoms with E-state index in [0.717, 1.165) is 19.4 Å². The predicted octanol–water partition coefficient (Wildman–Crippen LogP) is 3.29. The van der Waals surface area contributed by atoms with Crippen LogP contribution in [0.4, 0.5) is 0 Å². The van der Waals surface area contributed by atoms with Crippen LogP contribution < -0.4 is 0 Å². The molecule has 0 amide bonds. The van der Waals surface area contributed by atoms with Crippen LogP contribution >= 0.6 is 0 Å². The minimum Gasteiger partial charge on any atom is -0.390 e. The molecule has 1 aliphatic carbocycles. The zero-order valence-electron chi connectivity index (χ0n) is 12.8. The highest BCUT2D eigenvalue weighted by Gasteiger charge is 2.40. The second kappa shape index (κ2) is 6.11. The van der Waals surface area contributed by atoms with Crippen molar-refractivity contribution in [2.45, 2.75) is 83.0 Å². The van der Waals surface area contributed by atoms with Gasteiger partial charge >= 0.3 is 0 Å². The largest absolute Gasteiger partial charge is 0.390 e.